The number of aromatic nitrogens is 1. The Hall–Kier alpha value is -2.34. The van der Waals surface area contributed by atoms with Crippen molar-refractivity contribution in [1.82, 2.24) is 4.98 Å². The first-order valence-electron chi connectivity index (χ1n) is 5.05. The van der Waals surface area contributed by atoms with Crippen LogP contribution < -0.4 is 17.2 Å². The topological polar surface area (TPSA) is 116 Å². The fourth-order valence-corrected chi connectivity index (χ4v) is 1.71. The van der Waals surface area contributed by atoms with E-state index in [4.69, 9.17) is 28.8 Å². The highest BCUT2D eigenvalue weighted by Crippen LogP contribution is 2.29. The van der Waals surface area contributed by atoms with Crippen LogP contribution >= 0.6 is 11.6 Å². The lowest BCUT2D eigenvalue weighted by atomic mass is 10.2. The molecule has 0 saturated heterocycles. The third kappa shape index (κ3) is 2.49. The number of aliphatic imine (C=N–C) groups is 2. The van der Waals surface area contributed by atoms with E-state index < -0.39 is 0 Å². The van der Waals surface area contributed by atoms with Crippen LogP contribution in [0.15, 0.2) is 40.4 Å². The van der Waals surface area contributed by atoms with Crippen LogP contribution in [0.1, 0.15) is 0 Å². The van der Waals surface area contributed by atoms with Crippen molar-refractivity contribution in [3.8, 4) is 0 Å². The van der Waals surface area contributed by atoms with Crippen LogP contribution in [0, 0.1) is 0 Å². The Morgan fingerprint density at radius 3 is 2.67 bits per heavy atom. The standard InChI is InChI=1S/C11H11ClN6/c12-7-3-4-8(17-11(15)18-10(13)14)6-2-1-5-16-9(6)7/h1-5H,(H6,13,14,15,17,18). The van der Waals surface area contributed by atoms with Crippen molar-refractivity contribution in [1.29, 1.82) is 0 Å². The van der Waals surface area contributed by atoms with Crippen molar-refractivity contribution in [2.45, 2.75) is 0 Å². The summed E-state index contributed by atoms with van der Waals surface area (Å²) < 4.78 is 0. The fraction of sp³-hybridized carbons (Fsp3) is 0. The van der Waals surface area contributed by atoms with E-state index >= 15 is 0 Å². The van der Waals surface area contributed by atoms with Gasteiger partial charge in [-0.15, -0.1) is 0 Å². The number of pyridine rings is 1. The highest BCUT2D eigenvalue weighted by molar-refractivity contribution is 6.35. The second kappa shape index (κ2) is 4.89. The SMILES string of the molecule is NC(N)=NC(N)=Nc1ccc(Cl)c2ncccc12. The largest absolute Gasteiger partial charge is 0.370 e. The van der Waals surface area contributed by atoms with E-state index in [0.29, 0.717) is 16.2 Å². The summed E-state index contributed by atoms with van der Waals surface area (Å²) in [6.07, 6.45) is 1.65. The van der Waals surface area contributed by atoms with Crippen molar-refractivity contribution >= 4 is 40.1 Å². The summed E-state index contributed by atoms with van der Waals surface area (Å²) in [5.74, 6) is -0.171. The second-order valence-electron chi connectivity index (χ2n) is 3.47. The molecule has 0 aliphatic carbocycles. The molecule has 2 rings (SSSR count). The molecule has 1 heterocycles. The monoisotopic (exact) mass is 262 g/mol. The van der Waals surface area contributed by atoms with Gasteiger partial charge in [-0.2, -0.15) is 4.99 Å². The van der Waals surface area contributed by atoms with E-state index in [9.17, 15) is 0 Å². The van der Waals surface area contributed by atoms with Crippen molar-refractivity contribution in [3.63, 3.8) is 0 Å². The number of hydrogen-bond donors (Lipinski definition) is 3. The van der Waals surface area contributed by atoms with E-state index in [1.807, 2.05) is 6.07 Å². The summed E-state index contributed by atoms with van der Waals surface area (Å²) in [5, 5.41) is 1.32. The normalized spacial score (nSPS) is 11.5. The lowest BCUT2D eigenvalue weighted by Gasteiger charge is -2.03. The summed E-state index contributed by atoms with van der Waals surface area (Å²) in [4.78, 5) is 11.9. The van der Waals surface area contributed by atoms with Gasteiger partial charge in [0.2, 0.25) is 5.96 Å². The minimum Gasteiger partial charge on any atom is -0.370 e. The smallest absolute Gasteiger partial charge is 0.223 e. The fourth-order valence-electron chi connectivity index (χ4n) is 1.50. The molecule has 6 nitrogen and oxygen atoms in total. The highest BCUT2D eigenvalue weighted by Gasteiger charge is 2.05. The summed E-state index contributed by atoms with van der Waals surface area (Å²) in [6.45, 7) is 0. The van der Waals surface area contributed by atoms with Gasteiger partial charge in [0, 0.05) is 11.6 Å². The van der Waals surface area contributed by atoms with Crippen LogP contribution in [0.4, 0.5) is 5.69 Å². The molecule has 0 spiro atoms. The molecular formula is C11H11ClN6. The molecule has 2 aromatic rings. The number of nitrogens with zero attached hydrogens (tertiary/aromatic N) is 3. The molecule has 6 N–H and O–H groups in total. The van der Waals surface area contributed by atoms with Gasteiger partial charge < -0.3 is 17.2 Å². The van der Waals surface area contributed by atoms with Gasteiger partial charge in [-0.1, -0.05) is 11.6 Å². The van der Waals surface area contributed by atoms with Crippen LogP contribution in [0.5, 0.6) is 0 Å². The van der Waals surface area contributed by atoms with Crippen molar-refractivity contribution in [2.24, 2.45) is 27.2 Å². The molecule has 0 unspecified atom stereocenters. The van der Waals surface area contributed by atoms with Gasteiger partial charge in [0.05, 0.1) is 16.2 Å². The Balaban J connectivity index is 2.59. The van der Waals surface area contributed by atoms with E-state index in [1.54, 1.807) is 24.4 Å². The molecule has 0 amide bonds. The van der Waals surface area contributed by atoms with E-state index in [1.165, 1.54) is 0 Å². The average molecular weight is 263 g/mol. The lowest BCUT2D eigenvalue weighted by molar-refractivity contribution is 1.37. The van der Waals surface area contributed by atoms with Crippen molar-refractivity contribution in [2.75, 3.05) is 0 Å². The second-order valence-corrected chi connectivity index (χ2v) is 3.88. The van der Waals surface area contributed by atoms with Gasteiger partial charge in [-0.05, 0) is 24.3 Å². The molecule has 0 saturated carbocycles. The molecule has 0 radical (unpaired) electrons. The van der Waals surface area contributed by atoms with Crippen LogP contribution in [0.3, 0.4) is 0 Å². The lowest BCUT2D eigenvalue weighted by Crippen LogP contribution is -2.26. The maximum Gasteiger partial charge on any atom is 0.223 e. The molecule has 1 aromatic heterocycles. The average Bonchev–Trinajstić information content (AvgIpc) is 2.32. The maximum atomic E-state index is 6.04. The molecule has 7 heteroatoms. The first kappa shape index (κ1) is 12.1. The van der Waals surface area contributed by atoms with Gasteiger partial charge in [-0.25, -0.2) is 4.99 Å². The molecule has 1 aromatic carbocycles. The predicted molar refractivity (Wildman–Crippen MR) is 73.8 cm³/mol. The Morgan fingerprint density at radius 1 is 1.17 bits per heavy atom. The van der Waals surface area contributed by atoms with Crippen molar-refractivity contribution < 1.29 is 0 Å². The number of benzene rings is 1. The number of nitrogens with two attached hydrogens (primary N) is 3. The molecule has 92 valence electrons. The van der Waals surface area contributed by atoms with E-state index in [2.05, 4.69) is 15.0 Å². The quantitative estimate of drug-likeness (QED) is 0.527. The predicted octanol–water partition coefficient (Wildman–Crippen LogP) is 1.11. The zero-order valence-electron chi connectivity index (χ0n) is 9.34. The molecule has 0 fully saturated rings. The summed E-state index contributed by atoms with van der Waals surface area (Å²) >= 11 is 6.04. The zero-order valence-corrected chi connectivity index (χ0v) is 10.1. The summed E-state index contributed by atoms with van der Waals surface area (Å²) in [7, 11) is 0. The van der Waals surface area contributed by atoms with E-state index in [0.717, 1.165) is 5.39 Å². The van der Waals surface area contributed by atoms with Gasteiger partial charge in [-0.3, -0.25) is 4.98 Å². The van der Waals surface area contributed by atoms with Gasteiger partial charge >= 0.3 is 0 Å². The molecule has 0 bridgehead atoms. The number of guanidine groups is 2. The van der Waals surface area contributed by atoms with Gasteiger partial charge in [0.15, 0.2) is 5.96 Å². The number of hydrogen-bond acceptors (Lipinski definition) is 2. The van der Waals surface area contributed by atoms with Crippen LogP contribution in [-0.4, -0.2) is 16.9 Å². The van der Waals surface area contributed by atoms with E-state index in [-0.39, 0.29) is 11.9 Å². The molecule has 0 aliphatic heterocycles. The minimum absolute atomic E-state index is 0.0255. The molecule has 18 heavy (non-hydrogen) atoms. The highest BCUT2D eigenvalue weighted by atomic mass is 35.5. The van der Waals surface area contributed by atoms with Crippen LogP contribution in [-0.2, 0) is 0 Å². The van der Waals surface area contributed by atoms with Crippen LogP contribution in [0.25, 0.3) is 10.9 Å². The number of rotatable bonds is 1. The number of fused-ring (bicyclic) bond motifs is 1. The number of halogens is 1. The zero-order chi connectivity index (χ0) is 13.1. The van der Waals surface area contributed by atoms with Crippen molar-refractivity contribution in [3.05, 3.63) is 35.5 Å². The van der Waals surface area contributed by atoms with Gasteiger partial charge in [0.1, 0.15) is 0 Å². The summed E-state index contributed by atoms with van der Waals surface area (Å²) in [5.41, 5.74) is 17.3. The third-order valence-electron chi connectivity index (χ3n) is 2.18. The van der Waals surface area contributed by atoms with Gasteiger partial charge in [0.25, 0.3) is 0 Å². The Kier molecular flexibility index (Phi) is 3.29. The molecular weight excluding hydrogens is 252 g/mol. The Labute approximate surface area is 108 Å². The maximum absolute atomic E-state index is 6.04. The first-order valence-corrected chi connectivity index (χ1v) is 5.43. The molecule has 0 aliphatic rings. The molecule has 0 atom stereocenters. The minimum atomic E-state index is -0.146. The Morgan fingerprint density at radius 2 is 1.94 bits per heavy atom. The summed E-state index contributed by atoms with van der Waals surface area (Å²) in [6, 6.07) is 7.05. The van der Waals surface area contributed by atoms with Crippen LogP contribution in [0.2, 0.25) is 5.02 Å². The Bertz CT molecular complexity index is 645. The third-order valence-corrected chi connectivity index (χ3v) is 2.48. The first-order chi connectivity index (χ1) is 8.58.